The van der Waals surface area contributed by atoms with Crippen LogP contribution in [-0.2, 0) is 0 Å². The van der Waals surface area contributed by atoms with Gasteiger partial charge in [-0.25, -0.2) is 0 Å². The van der Waals surface area contributed by atoms with Gasteiger partial charge in [0.05, 0.1) is 0 Å². The SMILES string of the molecule is C=C/N=C(/C)C(=C)CCC(C)C. The maximum atomic E-state index is 4.08. The van der Waals surface area contributed by atoms with Crippen LogP contribution < -0.4 is 0 Å². The Hall–Kier alpha value is -0.850. The first-order valence-electron chi connectivity index (χ1n) is 4.41. The molecule has 1 heteroatoms. The lowest BCUT2D eigenvalue weighted by molar-refractivity contribution is 0.590. The van der Waals surface area contributed by atoms with Crippen LogP contribution >= 0.6 is 0 Å². The second kappa shape index (κ2) is 5.76. The van der Waals surface area contributed by atoms with Crippen molar-refractivity contribution in [3.63, 3.8) is 0 Å². The van der Waals surface area contributed by atoms with Crippen molar-refractivity contribution in [3.05, 3.63) is 24.9 Å². The molecule has 68 valence electrons. The van der Waals surface area contributed by atoms with Crippen LogP contribution in [0.2, 0.25) is 0 Å². The minimum Gasteiger partial charge on any atom is -0.262 e. The molecule has 0 radical (unpaired) electrons. The van der Waals surface area contributed by atoms with Crippen molar-refractivity contribution >= 4 is 5.71 Å². The molecule has 1 nitrogen and oxygen atoms in total. The van der Waals surface area contributed by atoms with E-state index in [2.05, 4.69) is 32.0 Å². The molecule has 0 aliphatic carbocycles. The third kappa shape index (κ3) is 4.89. The molecular weight excluding hydrogens is 146 g/mol. The minimum atomic E-state index is 0.735. The minimum absolute atomic E-state index is 0.735. The summed E-state index contributed by atoms with van der Waals surface area (Å²) in [6, 6.07) is 0. The summed E-state index contributed by atoms with van der Waals surface area (Å²) in [5.41, 5.74) is 2.13. The van der Waals surface area contributed by atoms with Gasteiger partial charge in [0.15, 0.2) is 0 Å². The van der Waals surface area contributed by atoms with Crippen LogP contribution in [0.4, 0.5) is 0 Å². The molecule has 0 aromatic heterocycles. The molecule has 0 aliphatic heterocycles. The maximum absolute atomic E-state index is 4.08. The number of hydrogen-bond acceptors (Lipinski definition) is 1. The van der Waals surface area contributed by atoms with Gasteiger partial charge in [0.25, 0.3) is 0 Å². The van der Waals surface area contributed by atoms with Crippen LogP contribution in [0.1, 0.15) is 33.6 Å². The van der Waals surface area contributed by atoms with Crippen molar-refractivity contribution in [3.8, 4) is 0 Å². The monoisotopic (exact) mass is 165 g/mol. The number of hydrogen-bond donors (Lipinski definition) is 0. The molecule has 0 aromatic carbocycles. The highest BCUT2D eigenvalue weighted by Crippen LogP contribution is 2.11. The number of allylic oxidation sites excluding steroid dienone is 1. The van der Waals surface area contributed by atoms with Crippen LogP contribution in [0.5, 0.6) is 0 Å². The van der Waals surface area contributed by atoms with Crippen LogP contribution in [0.3, 0.4) is 0 Å². The fraction of sp³-hybridized carbons (Fsp3) is 0.545. The van der Waals surface area contributed by atoms with Gasteiger partial charge in [-0.1, -0.05) is 27.0 Å². The summed E-state index contributed by atoms with van der Waals surface area (Å²) in [6.45, 7) is 13.9. The maximum Gasteiger partial charge on any atom is 0.0398 e. The van der Waals surface area contributed by atoms with Crippen molar-refractivity contribution < 1.29 is 0 Å². The second-order valence-corrected chi connectivity index (χ2v) is 3.43. The normalized spacial score (nSPS) is 11.8. The van der Waals surface area contributed by atoms with Gasteiger partial charge in [0.2, 0.25) is 0 Å². The first-order valence-corrected chi connectivity index (χ1v) is 4.41. The Morgan fingerprint density at radius 3 is 2.50 bits per heavy atom. The van der Waals surface area contributed by atoms with Crippen molar-refractivity contribution in [2.24, 2.45) is 10.9 Å². The summed E-state index contributed by atoms with van der Waals surface area (Å²) in [5, 5.41) is 0. The predicted molar refractivity (Wildman–Crippen MR) is 56.5 cm³/mol. The predicted octanol–water partition coefficient (Wildman–Crippen LogP) is 3.58. The van der Waals surface area contributed by atoms with Gasteiger partial charge >= 0.3 is 0 Å². The zero-order chi connectivity index (χ0) is 9.56. The average molecular weight is 165 g/mol. The Kier molecular flexibility index (Phi) is 5.35. The standard InChI is InChI=1S/C11H19N/c1-6-12-11(5)10(4)8-7-9(2)3/h6,9H,1,4,7-8H2,2-3,5H3/b12-11-. The highest BCUT2D eigenvalue weighted by molar-refractivity contribution is 5.97. The second-order valence-electron chi connectivity index (χ2n) is 3.43. The summed E-state index contributed by atoms with van der Waals surface area (Å²) in [4.78, 5) is 4.08. The van der Waals surface area contributed by atoms with Gasteiger partial charge in [-0.3, -0.25) is 4.99 Å². The van der Waals surface area contributed by atoms with Gasteiger partial charge in [0, 0.05) is 11.9 Å². The lowest BCUT2D eigenvalue weighted by Crippen LogP contribution is -1.97. The smallest absolute Gasteiger partial charge is 0.0398 e. The molecular formula is C11H19N. The molecule has 0 fully saturated rings. The van der Waals surface area contributed by atoms with Gasteiger partial charge in [-0.05, 0) is 31.3 Å². The molecule has 0 rings (SSSR count). The van der Waals surface area contributed by atoms with Gasteiger partial charge in [0.1, 0.15) is 0 Å². The summed E-state index contributed by atoms with van der Waals surface area (Å²) >= 11 is 0. The van der Waals surface area contributed by atoms with E-state index in [9.17, 15) is 0 Å². The zero-order valence-corrected chi connectivity index (χ0v) is 8.43. The van der Waals surface area contributed by atoms with Crippen molar-refractivity contribution in [1.29, 1.82) is 0 Å². The topological polar surface area (TPSA) is 12.4 Å². The fourth-order valence-electron chi connectivity index (χ4n) is 0.872. The Morgan fingerprint density at radius 1 is 1.50 bits per heavy atom. The van der Waals surface area contributed by atoms with E-state index >= 15 is 0 Å². The third-order valence-corrected chi connectivity index (χ3v) is 1.82. The molecule has 0 saturated carbocycles. The van der Waals surface area contributed by atoms with E-state index in [1.54, 1.807) is 6.20 Å². The van der Waals surface area contributed by atoms with Crippen LogP contribution in [-0.4, -0.2) is 5.71 Å². The summed E-state index contributed by atoms with van der Waals surface area (Å²) in [5.74, 6) is 0.735. The molecule has 0 amide bonds. The highest BCUT2D eigenvalue weighted by atomic mass is 14.7. The lowest BCUT2D eigenvalue weighted by atomic mass is 10.0. The Morgan fingerprint density at radius 2 is 2.08 bits per heavy atom. The summed E-state index contributed by atoms with van der Waals surface area (Å²) in [7, 11) is 0. The van der Waals surface area contributed by atoms with Crippen LogP contribution in [0.15, 0.2) is 29.9 Å². The van der Waals surface area contributed by atoms with Crippen LogP contribution in [0.25, 0.3) is 0 Å². The van der Waals surface area contributed by atoms with E-state index in [0.717, 1.165) is 23.6 Å². The largest absolute Gasteiger partial charge is 0.262 e. The molecule has 0 aliphatic rings. The zero-order valence-electron chi connectivity index (χ0n) is 8.43. The number of aliphatic imine (C=N–C) groups is 1. The summed E-state index contributed by atoms with van der Waals surface area (Å²) < 4.78 is 0. The molecule has 0 heterocycles. The Balaban J connectivity index is 3.88. The van der Waals surface area contributed by atoms with E-state index in [1.165, 1.54) is 6.42 Å². The summed E-state index contributed by atoms with van der Waals surface area (Å²) in [6.07, 6.45) is 3.79. The van der Waals surface area contributed by atoms with Gasteiger partial charge in [-0.15, -0.1) is 0 Å². The quantitative estimate of drug-likeness (QED) is 0.552. The first-order chi connectivity index (χ1) is 5.57. The van der Waals surface area contributed by atoms with E-state index in [4.69, 9.17) is 0 Å². The molecule has 0 atom stereocenters. The van der Waals surface area contributed by atoms with E-state index in [-0.39, 0.29) is 0 Å². The van der Waals surface area contributed by atoms with Crippen LogP contribution in [0, 0.1) is 5.92 Å². The Labute approximate surface area is 75.9 Å². The van der Waals surface area contributed by atoms with E-state index < -0.39 is 0 Å². The van der Waals surface area contributed by atoms with Gasteiger partial charge in [-0.2, -0.15) is 0 Å². The Bertz CT molecular complexity index is 187. The molecule has 0 spiro atoms. The molecule has 0 bridgehead atoms. The average Bonchev–Trinajstić information content (AvgIpc) is 2.00. The van der Waals surface area contributed by atoms with E-state index in [0.29, 0.717) is 0 Å². The van der Waals surface area contributed by atoms with Gasteiger partial charge < -0.3 is 0 Å². The van der Waals surface area contributed by atoms with Crippen molar-refractivity contribution in [2.45, 2.75) is 33.6 Å². The van der Waals surface area contributed by atoms with Crippen molar-refractivity contribution in [2.75, 3.05) is 0 Å². The lowest BCUT2D eigenvalue weighted by Gasteiger charge is -2.06. The fourth-order valence-corrected chi connectivity index (χ4v) is 0.872. The molecule has 12 heavy (non-hydrogen) atoms. The van der Waals surface area contributed by atoms with Crippen molar-refractivity contribution in [1.82, 2.24) is 0 Å². The molecule has 0 saturated heterocycles. The molecule has 0 unspecified atom stereocenters. The molecule has 0 aromatic rings. The van der Waals surface area contributed by atoms with E-state index in [1.807, 2.05) is 6.92 Å². The highest BCUT2D eigenvalue weighted by Gasteiger charge is 1.99. The number of rotatable bonds is 5. The molecule has 0 N–H and O–H groups in total. The third-order valence-electron chi connectivity index (χ3n) is 1.82. The number of nitrogens with zero attached hydrogens (tertiary/aromatic N) is 1. The first kappa shape index (κ1) is 11.2.